The van der Waals surface area contributed by atoms with Gasteiger partial charge in [0, 0.05) is 11.6 Å². The maximum Gasteiger partial charge on any atom is 0.165 e. The quantitative estimate of drug-likeness (QED) is 0.727. The molecule has 0 fully saturated rings. The fourth-order valence-electron chi connectivity index (χ4n) is 1.35. The van der Waals surface area contributed by atoms with Gasteiger partial charge in [-0.3, -0.25) is 0 Å². The molecule has 0 radical (unpaired) electrons. The molecule has 0 saturated heterocycles. The SMILES string of the molecule is C=CC[C@H](N)c1cc(C)cc(F)c1O. The molecule has 0 amide bonds. The second-order valence-corrected chi connectivity index (χ2v) is 3.32. The third-order valence-electron chi connectivity index (χ3n) is 2.06. The van der Waals surface area contributed by atoms with Crippen LogP contribution in [0.1, 0.15) is 23.6 Å². The molecule has 1 atom stereocenters. The molecular weight excluding hydrogens is 181 g/mol. The molecule has 0 aliphatic rings. The molecular formula is C11H14FNO. The number of nitrogens with two attached hydrogens (primary N) is 1. The Morgan fingerprint density at radius 2 is 2.29 bits per heavy atom. The van der Waals surface area contributed by atoms with Crippen molar-refractivity contribution in [2.75, 3.05) is 0 Å². The number of rotatable bonds is 3. The summed E-state index contributed by atoms with van der Waals surface area (Å²) in [4.78, 5) is 0. The molecule has 0 aliphatic heterocycles. The van der Waals surface area contributed by atoms with Gasteiger partial charge >= 0.3 is 0 Å². The molecule has 0 unspecified atom stereocenters. The van der Waals surface area contributed by atoms with Gasteiger partial charge in [0.05, 0.1) is 0 Å². The molecule has 14 heavy (non-hydrogen) atoms. The summed E-state index contributed by atoms with van der Waals surface area (Å²) in [6, 6.07) is 2.56. The largest absolute Gasteiger partial charge is 0.505 e. The van der Waals surface area contributed by atoms with E-state index in [1.54, 1.807) is 19.1 Å². The van der Waals surface area contributed by atoms with Gasteiger partial charge in [-0.2, -0.15) is 0 Å². The molecule has 0 aromatic heterocycles. The van der Waals surface area contributed by atoms with Crippen LogP contribution in [0.15, 0.2) is 24.8 Å². The standard InChI is InChI=1S/C11H14FNO/c1-3-4-10(13)8-5-7(2)6-9(12)11(8)14/h3,5-6,10,14H,1,4,13H2,2H3/t10-/m0/s1. The van der Waals surface area contributed by atoms with Crippen molar-refractivity contribution in [2.45, 2.75) is 19.4 Å². The highest BCUT2D eigenvalue weighted by Crippen LogP contribution is 2.28. The monoisotopic (exact) mass is 195 g/mol. The Bertz CT molecular complexity index is 349. The van der Waals surface area contributed by atoms with E-state index < -0.39 is 11.9 Å². The normalized spacial score (nSPS) is 12.5. The maximum atomic E-state index is 13.1. The molecule has 0 saturated carbocycles. The molecule has 0 heterocycles. The molecule has 76 valence electrons. The lowest BCUT2D eigenvalue weighted by Gasteiger charge is -2.12. The molecule has 1 aromatic rings. The van der Waals surface area contributed by atoms with Crippen LogP contribution < -0.4 is 5.73 Å². The zero-order chi connectivity index (χ0) is 10.7. The minimum Gasteiger partial charge on any atom is -0.505 e. The summed E-state index contributed by atoms with van der Waals surface area (Å²) >= 11 is 0. The third-order valence-corrected chi connectivity index (χ3v) is 2.06. The Kier molecular flexibility index (Phi) is 3.25. The number of hydrogen-bond acceptors (Lipinski definition) is 2. The first-order valence-corrected chi connectivity index (χ1v) is 4.41. The van der Waals surface area contributed by atoms with E-state index >= 15 is 0 Å². The molecule has 0 bridgehead atoms. The van der Waals surface area contributed by atoms with Crippen LogP contribution >= 0.6 is 0 Å². The number of benzene rings is 1. The van der Waals surface area contributed by atoms with Crippen molar-refractivity contribution in [3.05, 3.63) is 41.7 Å². The van der Waals surface area contributed by atoms with Crippen LogP contribution in [0.5, 0.6) is 5.75 Å². The van der Waals surface area contributed by atoms with Crippen molar-refractivity contribution in [1.82, 2.24) is 0 Å². The first-order valence-electron chi connectivity index (χ1n) is 4.41. The molecule has 2 nitrogen and oxygen atoms in total. The van der Waals surface area contributed by atoms with Gasteiger partial charge in [-0.15, -0.1) is 6.58 Å². The summed E-state index contributed by atoms with van der Waals surface area (Å²) in [7, 11) is 0. The number of phenolic OH excluding ortho intramolecular Hbond substituents is 1. The van der Waals surface area contributed by atoms with E-state index in [0.29, 0.717) is 12.0 Å². The lowest BCUT2D eigenvalue weighted by atomic mass is 10.0. The number of phenols is 1. The second kappa shape index (κ2) is 4.24. The molecule has 0 aliphatic carbocycles. The van der Waals surface area contributed by atoms with Gasteiger partial charge in [0.15, 0.2) is 11.6 Å². The first kappa shape index (κ1) is 10.7. The van der Waals surface area contributed by atoms with Gasteiger partial charge in [0.25, 0.3) is 0 Å². The Morgan fingerprint density at radius 3 is 2.86 bits per heavy atom. The third kappa shape index (κ3) is 2.12. The fourth-order valence-corrected chi connectivity index (χ4v) is 1.35. The number of hydrogen-bond donors (Lipinski definition) is 2. The summed E-state index contributed by atoms with van der Waals surface area (Å²) in [5.41, 5.74) is 6.92. The van der Waals surface area contributed by atoms with Crippen molar-refractivity contribution in [3.63, 3.8) is 0 Å². The van der Waals surface area contributed by atoms with Crippen LogP contribution in [0, 0.1) is 12.7 Å². The summed E-state index contributed by atoms with van der Waals surface area (Å²) in [6.45, 7) is 5.30. The minimum absolute atomic E-state index is 0.357. The van der Waals surface area contributed by atoms with E-state index in [1.807, 2.05) is 0 Å². The maximum absolute atomic E-state index is 13.1. The van der Waals surface area contributed by atoms with E-state index in [1.165, 1.54) is 6.07 Å². The zero-order valence-corrected chi connectivity index (χ0v) is 8.13. The van der Waals surface area contributed by atoms with E-state index in [4.69, 9.17) is 5.73 Å². The van der Waals surface area contributed by atoms with Crippen molar-refractivity contribution < 1.29 is 9.50 Å². The summed E-state index contributed by atoms with van der Waals surface area (Å²) < 4.78 is 13.1. The summed E-state index contributed by atoms with van der Waals surface area (Å²) in [6.07, 6.45) is 2.15. The van der Waals surface area contributed by atoms with Crippen LogP contribution in [-0.4, -0.2) is 5.11 Å². The highest BCUT2D eigenvalue weighted by Gasteiger charge is 2.13. The van der Waals surface area contributed by atoms with Crippen molar-refractivity contribution in [3.8, 4) is 5.75 Å². The second-order valence-electron chi connectivity index (χ2n) is 3.32. The van der Waals surface area contributed by atoms with Crippen LogP contribution in [0.4, 0.5) is 4.39 Å². The van der Waals surface area contributed by atoms with Crippen LogP contribution in [-0.2, 0) is 0 Å². The molecule has 3 heteroatoms. The minimum atomic E-state index is -0.625. The molecule has 1 aromatic carbocycles. The predicted octanol–water partition coefficient (Wildman–Crippen LogP) is 2.42. The van der Waals surface area contributed by atoms with Crippen LogP contribution in [0.2, 0.25) is 0 Å². The zero-order valence-electron chi connectivity index (χ0n) is 8.13. The van der Waals surface area contributed by atoms with Gasteiger partial charge in [-0.05, 0) is 25.0 Å². The molecule has 1 rings (SSSR count). The van der Waals surface area contributed by atoms with Gasteiger partial charge in [0.2, 0.25) is 0 Å². The van der Waals surface area contributed by atoms with Gasteiger partial charge in [-0.1, -0.05) is 12.1 Å². The average molecular weight is 195 g/mol. The van der Waals surface area contributed by atoms with E-state index in [9.17, 15) is 9.50 Å². The van der Waals surface area contributed by atoms with Crippen molar-refractivity contribution in [1.29, 1.82) is 0 Å². The average Bonchev–Trinajstić information content (AvgIpc) is 2.11. The van der Waals surface area contributed by atoms with Crippen molar-refractivity contribution >= 4 is 0 Å². The van der Waals surface area contributed by atoms with Crippen molar-refractivity contribution in [2.24, 2.45) is 5.73 Å². The highest BCUT2D eigenvalue weighted by molar-refractivity contribution is 5.39. The van der Waals surface area contributed by atoms with Gasteiger partial charge in [0.1, 0.15) is 0 Å². The Morgan fingerprint density at radius 1 is 1.64 bits per heavy atom. The smallest absolute Gasteiger partial charge is 0.165 e. The summed E-state index contributed by atoms with van der Waals surface area (Å²) in [5, 5.41) is 9.43. The van der Waals surface area contributed by atoms with Crippen LogP contribution in [0.25, 0.3) is 0 Å². The Labute approximate surface area is 82.9 Å². The Hall–Kier alpha value is -1.35. The van der Waals surface area contributed by atoms with Gasteiger partial charge in [-0.25, -0.2) is 4.39 Å². The Balaban J connectivity index is 3.12. The van der Waals surface area contributed by atoms with E-state index in [-0.39, 0.29) is 5.75 Å². The topological polar surface area (TPSA) is 46.2 Å². The van der Waals surface area contributed by atoms with E-state index in [2.05, 4.69) is 6.58 Å². The van der Waals surface area contributed by atoms with Crippen LogP contribution in [0.3, 0.4) is 0 Å². The first-order chi connectivity index (χ1) is 6.56. The fraction of sp³-hybridized carbons (Fsp3) is 0.273. The van der Waals surface area contributed by atoms with Gasteiger partial charge < -0.3 is 10.8 Å². The number of halogens is 1. The summed E-state index contributed by atoms with van der Waals surface area (Å²) in [5.74, 6) is -0.982. The highest BCUT2D eigenvalue weighted by atomic mass is 19.1. The lowest BCUT2D eigenvalue weighted by molar-refractivity contribution is 0.420. The molecule has 0 spiro atoms. The molecule has 3 N–H and O–H groups in total. The number of aromatic hydroxyl groups is 1. The predicted molar refractivity (Wildman–Crippen MR) is 54.5 cm³/mol. The lowest BCUT2D eigenvalue weighted by Crippen LogP contribution is -2.10. The number of aryl methyl sites for hydroxylation is 1. The van der Waals surface area contributed by atoms with E-state index in [0.717, 1.165) is 5.56 Å².